The summed E-state index contributed by atoms with van der Waals surface area (Å²) in [7, 11) is -1.75. The largest absolute Gasteiger partial charge is 0.356 e. The fraction of sp³-hybridized carbons (Fsp3) is 0.556. The van der Waals surface area contributed by atoms with E-state index in [1.54, 1.807) is 39.9 Å². The van der Waals surface area contributed by atoms with Gasteiger partial charge in [-0.1, -0.05) is 6.58 Å². The number of amides is 2. The van der Waals surface area contributed by atoms with Crippen LogP contribution in [0.1, 0.15) is 12.8 Å². The highest BCUT2D eigenvalue weighted by atomic mass is 32.2. The van der Waals surface area contributed by atoms with Crippen LogP contribution >= 0.6 is 0 Å². The van der Waals surface area contributed by atoms with Crippen LogP contribution < -0.4 is 0 Å². The van der Waals surface area contributed by atoms with Crippen molar-refractivity contribution >= 4 is 21.8 Å². The van der Waals surface area contributed by atoms with E-state index in [4.69, 9.17) is 0 Å². The molecule has 0 N–H and O–H groups in total. The average Bonchev–Trinajstić information content (AvgIpc) is 3.14. The zero-order valence-electron chi connectivity index (χ0n) is 15.6. The highest BCUT2D eigenvalue weighted by Crippen LogP contribution is 2.22. The highest BCUT2D eigenvalue weighted by molar-refractivity contribution is 7.89. The van der Waals surface area contributed by atoms with E-state index >= 15 is 0 Å². The molecule has 3 rings (SSSR count). The molecule has 1 aromatic rings. The zero-order valence-corrected chi connectivity index (χ0v) is 16.4. The topological polar surface area (TPSA) is 82.9 Å². The molecule has 0 aromatic carbocycles. The van der Waals surface area contributed by atoms with E-state index in [1.807, 2.05) is 0 Å². The van der Waals surface area contributed by atoms with E-state index in [0.29, 0.717) is 26.2 Å². The zero-order chi connectivity index (χ0) is 19.6. The van der Waals surface area contributed by atoms with Crippen molar-refractivity contribution in [2.24, 2.45) is 13.0 Å². The molecule has 2 amide bonds. The van der Waals surface area contributed by atoms with Crippen LogP contribution in [0.2, 0.25) is 0 Å². The molecular weight excluding hydrogens is 368 g/mol. The summed E-state index contributed by atoms with van der Waals surface area (Å²) in [6.07, 6.45) is 6.10. The van der Waals surface area contributed by atoms with Crippen molar-refractivity contribution in [2.75, 3.05) is 39.3 Å². The van der Waals surface area contributed by atoms with Crippen molar-refractivity contribution in [3.05, 3.63) is 31.1 Å². The number of piperidine rings is 1. The average molecular weight is 394 g/mol. The van der Waals surface area contributed by atoms with Gasteiger partial charge < -0.3 is 14.4 Å². The summed E-state index contributed by atoms with van der Waals surface area (Å²) in [4.78, 5) is 28.3. The number of sulfonamides is 1. The summed E-state index contributed by atoms with van der Waals surface area (Å²) in [6.45, 7) is 5.87. The molecule has 0 spiro atoms. The molecule has 3 heterocycles. The quantitative estimate of drug-likeness (QED) is 0.687. The lowest BCUT2D eigenvalue weighted by Gasteiger charge is -2.38. The first-order chi connectivity index (χ1) is 12.8. The predicted octanol–water partition coefficient (Wildman–Crippen LogP) is 0.283. The van der Waals surface area contributed by atoms with Gasteiger partial charge in [0.25, 0.3) is 0 Å². The van der Waals surface area contributed by atoms with Crippen LogP contribution in [0.25, 0.3) is 0 Å². The van der Waals surface area contributed by atoms with E-state index in [2.05, 4.69) is 6.58 Å². The molecule has 2 fully saturated rings. The van der Waals surface area contributed by atoms with E-state index in [9.17, 15) is 18.0 Å². The number of aryl methyl sites for hydroxylation is 1. The Bertz CT molecular complexity index is 824. The molecule has 1 aromatic heterocycles. The smallest absolute Gasteiger partial charge is 0.245 e. The Morgan fingerprint density at radius 1 is 1.15 bits per heavy atom. The second-order valence-electron chi connectivity index (χ2n) is 7.07. The van der Waals surface area contributed by atoms with E-state index in [-0.39, 0.29) is 35.7 Å². The van der Waals surface area contributed by atoms with Crippen molar-refractivity contribution in [1.29, 1.82) is 0 Å². The Morgan fingerprint density at radius 3 is 2.44 bits per heavy atom. The minimum Gasteiger partial charge on any atom is -0.356 e. The normalized spacial score (nSPS) is 21.9. The van der Waals surface area contributed by atoms with Crippen LogP contribution in [0.5, 0.6) is 0 Å². The summed E-state index contributed by atoms with van der Waals surface area (Å²) in [6, 6.07) is 1.58. The van der Waals surface area contributed by atoms with Crippen molar-refractivity contribution in [1.82, 2.24) is 18.7 Å². The van der Waals surface area contributed by atoms with Crippen molar-refractivity contribution in [2.45, 2.75) is 17.7 Å². The Labute approximate surface area is 160 Å². The minimum atomic E-state index is -3.53. The summed E-state index contributed by atoms with van der Waals surface area (Å²) < 4.78 is 28.5. The van der Waals surface area contributed by atoms with Crippen LogP contribution in [-0.2, 0) is 26.7 Å². The molecule has 1 unspecified atom stereocenters. The van der Waals surface area contributed by atoms with Gasteiger partial charge in [0, 0.05) is 58.7 Å². The summed E-state index contributed by atoms with van der Waals surface area (Å²) in [5.74, 6) is -0.362. The molecule has 148 valence electrons. The Balaban J connectivity index is 1.59. The van der Waals surface area contributed by atoms with Crippen LogP contribution in [0.15, 0.2) is 36.0 Å². The number of nitrogens with zero attached hydrogens (tertiary/aromatic N) is 4. The molecule has 8 nitrogen and oxygen atoms in total. The van der Waals surface area contributed by atoms with Crippen molar-refractivity contribution < 1.29 is 18.0 Å². The van der Waals surface area contributed by atoms with Gasteiger partial charge in [-0.15, -0.1) is 0 Å². The summed E-state index contributed by atoms with van der Waals surface area (Å²) in [5, 5.41) is 0. The van der Waals surface area contributed by atoms with Crippen molar-refractivity contribution in [3.8, 4) is 0 Å². The van der Waals surface area contributed by atoms with Crippen LogP contribution in [0.4, 0.5) is 0 Å². The number of hydrogen-bond acceptors (Lipinski definition) is 4. The molecule has 1 atom stereocenters. The molecule has 2 saturated heterocycles. The lowest BCUT2D eigenvalue weighted by molar-refractivity contribution is -0.140. The van der Waals surface area contributed by atoms with Gasteiger partial charge in [0.1, 0.15) is 0 Å². The second-order valence-corrected chi connectivity index (χ2v) is 9.01. The monoisotopic (exact) mass is 394 g/mol. The first-order valence-electron chi connectivity index (χ1n) is 9.15. The summed E-state index contributed by atoms with van der Waals surface area (Å²) in [5.41, 5.74) is 0. The fourth-order valence-corrected chi connectivity index (χ4v) is 5.17. The van der Waals surface area contributed by atoms with E-state index in [0.717, 1.165) is 12.8 Å². The molecule has 2 aliphatic rings. The van der Waals surface area contributed by atoms with Crippen LogP contribution in [-0.4, -0.2) is 78.2 Å². The highest BCUT2D eigenvalue weighted by Gasteiger charge is 2.34. The lowest BCUT2D eigenvalue weighted by Crippen LogP contribution is -2.53. The van der Waals surface area contributed by atoms with Gasteiger partial charge in [-0.05, 0) is 25.0 Å². The maximum Gasteiger partial charge on any atom is 0.245 e. The number of likely N-dealkylation sites (tertiary alicyclic amines) is 1. The van der Waals surface area contributed by atoms with E-state index in [1.165, 1.54) is 10.4 Å². The predicted molar refractivity (Wildman–Crippen MR) is 100 cm³/mol. The first-order valence-corrected chi connectivity index (χ1v) is 10.6. The third-order valence-electron chi connectivity index (χ3n) is 5.25. The first kappa shape index (κ1) is 19.6. The number of carbonyl (C=O) groups excluding carboxylic acids is 2. The van der Waals surface area contributed by atoms with Gasteiger partial charge in [0.2, 0.25) is 21.8 Å². The lowest BCUT2D eigenvalue weighted by atomic mass is 9.96. The number of hydrogen-bond donors (Lipinski definition) is 0. The van der Waals surface area contributed by atoms with Gasteiger partial charge >= 0.3 is 0 Å². The molecule has 0 radical (unpaired) electrons. The van der Waals surface area contributed by atoms with Gasteiger partial charge in [-0.2, -0.15) is 4.31 Å². The van der Waals surface area contributed by atoms with Crippen LogP contribution in [0, 0.1) is 5.92 Å². The van der Waals surface area contributed by atoms with Crippen LogP contribution in [0.3, 0.4) is 0 Å². The SMILES string of the molecule is C=CC(=O)N1CCCC(C(=O)N2CCN(S(=O)(=O)c3ccn(C)c3)CC2)C1. The Kier molecular flexibility index (Phi) is 5.71. The van der Waals surface area contributed by atoms with E-state index < -0.39 is 10.0 Å². The van der Waals surface area contributed by atoms with Crippen molar-refractivity contribution in [3.63, 3.8) is 0 Å². The molecule has 0 saturated carbocycles. The number of carbonyl (C=O) groups is 2. The standard InChI is InChI=1S/C18H26N4O4S/c1-3-17(23)21-7-4-5-15(13-21)18(24)20-9-11-22(12-10-20)27(25,26)16-6-8-19(2)14-16/h3,6,8,14-15H,1,4-5,7,9-13H2,2H3. The van der Waals surface area contributed by atoms with Gasteiger partial charge in [-0.25, -0.2) is 8.42 Å². The van der Waals surface area contributed by atoms with Gasteiger partial charge in [-0.3, -0.25) is 9.59 Å². The molecule has 27 heavy (non-hydrogen) atoms. The Hall–Kier alpha value is -2.13. The fourth-order valence-electron chi connectivity index (χ4n) is 3.69. The third-order valence-corrected chi connectivity index (χ3v) is 7.13. The molecule has 0 bridgehead atoms. The number of rotatable bonds is 4. The minimum absolute atomic E-state index is 0.00770. The Morgan fingerprint density at radius 2 is 1.85 bits per heavy atom. The second kappa shape index (κ2) is 7.85. The van der Waals surface area contributed by atoms with Gasteiger partial charge in [0.05, 0.1) is 10.8 Å². The summed E-state index contributed by atoms with van der Waals surface area (Å²) >= 11 is 0. The molecule has 0 aliphatic carbocycles. The maximum absolute atomic E-state index is 12.8. The maximum atomic E-state index is 12.8. The van der Waals surface area contributed by atoms with Gasteiger partial charge in [0.15, 0.2) is 0 Å². The number of aromatic nitrogens is 1. The molecule has 2 aliphatic heterocycles. The number of piperazine rings is 1. The third kappa shape index (κ3) is 4.08. The molecule has 9 heteroatoms. The molecular formula is C18H26N4O4S.